The first-order chi connectivity index (χ1) is 15.7. The Balaban J connectivity index is 1.49. The summed E-state index contributed by atoms with van der Waals surface area (Å²) in [7, 11) is -3.85. The van der Waals surface area contributed by atoms with E-state index in [-0.39, 0.29) is 36.4 Å². The van der Waals surface area contributed by atoms with Crippen molar-refractivity contribution in [1.29, 1.82) is 5.26 Å². The number of hydrogen-bond donors (Lipinski definition) is 2. The number of carbonyl (C=O) groups excluding carboxylic acids is 2. The Labute approximate surface area is 191 Å². The van der Waals surface area contributed by atoms with E-state index in [4.69, 9.17) is 4.74 Å². The van der Waals surface area contributed by atoms with E-state index < -0.39 is 39.7 Å². The van der Waals surface area contributed by atoms with Crippen LogP contribution in [0.2, 0.25) is 0 Å². The Morgan fingerprint density at radius 2 is 1.76 bits per heavy atom. The molecule has 1 saturated heterocycles. The number of benzene rings is 2. The van der Waals surface area contributed by atoms with Gasteiger partial charge in [0, 0.05) is 19.0 Å². The maximum Gasteiger partial charge on any atom is 0.279 e. The second-order valence-corrected chi connectivity index (χ2v) is 9.39. The number of rotatable bonds is 6. The summed E-state index contributed by atoms with van der Waals surface area (Å²) in [6, 6.07) is 13.0. The minimum absolute atomic E-state index is 0.0576. The zero-order valence-electron chi connectivity index (χ0n) is 17.8. The Bertz CT molecular complexity index is 1160. The summed E-state index contributed by atoms with van der Waals surface area (Å²) in [5.41, 5.74) is 4.70. The van der Waals surface area contributed by atoms with E-state index in [0.29, 0.717) is 5.75 Å². The van der Waals surface area contributed by atoms with E-state index in [9.17, 15) is 27.7 Å². The third-order valence-corrected chi connectivity index (χ3v) is 7.21. The van der Waals surface area contributed by atoms with Gasteiger partial charge in [0.05, 0.1) is 10.5 Å². The van der Waals surface area contributed by atoms with E-state index in [1.54, 1.807) is 12.1 Å². The normalized spacial score (nSPS) is 15.8. The predicted molar refractivity (Wildman–Crippen MR) is 115 cm³/mol. The highest BCUT2D eigenvalue weighted by Crippen LogP contribution is 2.25. The van der Waals surface area contributed by atoms with Crippen LogP contribution in [0.15, 0.2) is 53.4 Å². The largest absolute Gasteiger partial charge is 0.481 e. The zero-order chi connectivity index (χ0) is 24.0. The van der Waals surface area contributed by atoms with Crippen LogP contribution in [0.1, 0.15) is 25.3 Å². The second-order valence-electron chi connectivity index (χ2n) is 7.48. The van der Waals surface area contributed by atoms with Crippen molar-refractivity contribution < 1.29 is 27.1 Å². The predicted octanol–water partition coefficient (Wildman–Crippen LogP) is 1.71. The molecule has 2 amide bonds. The quantitative estimate of drug-likeness (QED) is 0.614. The summed E-state index contributed by atoms with van der Waals surface area (Å²) in [6.45, 7) is 1.70. The molecule has 174 valence electrons. The number of hydrazine groups is 1. The van der Waals surface area contributed by atoms with Crippen LogP contribution in [0, 0.1) is 23.1 Å². The molecular weight excluding hydrogens is 451 g/mol. The lowest BCUT2D eigenvalue weighted by atomic mass is 9.98. The van der Waals surface area contributed by atoms with Crippen LogP contribution in [-0.2, 0) is 19.6 Å². The van der Waals surface area contributed by atoms with Crippen LogP contribution in [0.4, 0.5) is 4.39 Å². The van der Waals surface area contributed by atoms with Crippen molar-refractivity contribution in [1.82, 2.24) is 15.2 Å². The van der Waals surface area contributed by atoms with Gasteiger partial charge in [-0.25, -0.2) is 12.8 Å². The van der Waals surface area contributed by atoms with E-state index in [1.807, 2.05) is 6.07 Å². The highest BCUT2D eigenvalue weighted by Gasteiger charge is 2.33. The number of halogens is 1. The van der Waals surface area contributed by atoms with Gasteiger partial charge >= 0.3 is 0 Å². The minimum Gasteiger partial charge on any atom is -0.481 e. The fraction of sp³-hybridized carbons (Fsp3) is 0.318. The van der Waals surface area contributed by atoms with Crippen LogP contribution >= 0.6 is 0 Å². The van der Waals surface area contributed by atoms with Crippen LogP contribution in [0.25, 0.3) is 0 Å². The average Bonchev–Trinajstić information content (AvgIpc) is 2.83. The van der Waals surface area contributed by atoms with Gasteiger partial charge in [0.25, 0.3) is 5.91 Å². The monoisotopic (exact) mass is 474 g/mol. The third-order valence-electron chi connectivity index (χ3n) is 5.25. The summed E-state index contributed by atoms with van der Waals surface area (Å²) in [5, 5.41) is 9.19. The molecule has 1 aliphatic heterocycles. The average molecular weight is 475 g/mol. The molecule has 33 heavy (non-hydrogen) atoms. The van der Waals surface area contributed by atoms with E-state index in [1.165, 1.54) is 47.6 Å². The molecule has 0 saturated carbocycles. The van der Waals surface area contributed by atoms with Crippen molar-refractivity contribution in [3.05, 3.63) is 59.9 Å². The van der Waals surface area contributed by atoms with Crippen LogP contribution in [0.5, 0.6) is 5.75 Å². The van der Waals surface area contributed by atoms with Crippen LogP contribution in [-0.4, -0.2) is 43.7 Å². The first-order valence-electron chi connectivity index (χ1n) is 10.2. The van der Waals surface area contributed by atoms with Gasteiger partial charge in [0.2, 0.25) is 15.9 Å². The number of ether oxygens (including phenoxy) is 1. The van der Waals surface area contributed by atoms with Crippen molar-refractivity contribution in [3.63, 3.8) is 0 Å². The molecule has 2 aromatic rings. The zero-order valence-corrected chi connectivity index (χ0v) is 18.6. The van der Waals surface area contributed by atoms with Gasteiger partial charge in [-0.2, -0.15) is 9.57 Å². The van der Waals surface area contributed by atoms with E-state index in [2.05, 4.69) is 10.9 Å². The first kappa shape index (κ1) is 24.2. The molecule has 1 heterocycles. The van der Waals surface area contributed by atoms with Gasteiger partial charge in [-0.1, -0.05) is 12.1 Å². The summed E-state index contributed by atoms with van der Waals surface area (Å²) in [5.74, 6) is -1.65. The van der Waals surface area contributed by atoms with Crippen molar-refractivity contribution in [2.45, 2.75) is 30.8 Å². The topological polar surface area (TPSA) is 129 Å². The molecule has 0 aliphatic carbocycles. The van der Waals surface area contributed by atoms with Gasteiger partial charge in [0.15, 0.2) is 6.10 Å². The molecule has 0 spiro atoms. The highest BCUT2D eigenvalue weighted by atomic mass is 32.2. The third kappa shape index (κ3) is 5.85. The van der Waals surface area contributed by atoms with E-state index >= 15 is 0 Å². The fourth-order valence-electron chi connectivity index (χ4n) is 3.38. The molecule has 9 nitrogen and oxygen atoms in total. The number of carbonyl (C=O) groups is 2. The lowest BCUT2D eigenvalue weighted by Crippen LogP contribution is -2.51. The van der Waals surface area contributed by atoms with Gasteiger partial charge in [-0.15, -0.1) is 0 Å². The van der Waals surface area contributed by atoms with Gasteiger partial charge in [-0.05, 0) is 56.2 Å². The SMILES string of the molecule is C[C@@H](Oc1ccc(F)cc1)C(=O)NNC(=O)C1CCN(S(=O)(=O)c2ccccc2C#N)CC1. The summed E-state index contributed by atoms with van der Waals surface area (Å²) in [6.07, 6.45) is -0.419. The molecular formula is C22H23FN4O5S. The van der Waals surface area contributed by atoms with Crippen molar-refractivity contribution >= 4 is 21.8 Å². The molecule has 2 N–H and O–H groups in total. The van der Waals surface area contributed by atoms with Gasteiger partial charge in [0.1, 0.15) is 17.6 Å². The van der Waals surface area contributed by atoms with Crippen molar-refractivity contribution in [2.75, 3.05) is 13.1 Å². The number of nitriles is 1. The number of nitrogens with one attached hydrogen (secondary N) is 2. The smallest absolute Gasteiger partial charge is 0.279 e. The summed E-state index contributed by atoms with van der Waals surface area (Å²) >= 11 is 0. The molecule has 0 bridgehead atoms. The van der Waals surface area contributed by atoms with Crippen LogP contribution < -0.4 is 15.6 Å². The minimum atomic E-state index is -3.85. The van der Waals surface area contributed by atoms with Crippen molar-refractivity contribution in [2.24, 2.45) is 5.92 Å². The standard InChI is InChI=1S/C22H23FN4O5S/c1-15(32-19-8-6-18(23)7-9-19)21(28)25-26-22(29)16-10-12-27(13-11-16)33(30,31)20-5-3-2-4-17(20)14-24/h2-9,15-16H,10-13H2,1H3,(H,25,28)(H,26,29)/t15-/m1/s1. The van der Waals surface area contributed by atoms with Gasteiger partial charge < -0.3 is 4.74 Å². The molecule has 0 aromatic heterocycles. The highest BCUT2D eigenvalue weighted by molar-refractivity contribution is 7.89. The number of hydrogen-bond acceptors (Lipinski definition) is 6. The molecule has 0 unspecified atom stereocenters. The number of amides is 2. The summed E-state index contributed by atoms with van der Waals surface area (Å²) in [4.78, 5) is 24.5. The Morgan fingerprint density at radius 1 is 1.12 bits per heavy atom. The number of piperidine rings is 1. The van der Waals surface area contributed by atoms with Crippen LogP contribution in [0.3, 0.4) is 0 Å². The maximum absolute atomic E-state index is 12.9. The Morgan fingerprint density at radius 3 is 2.39 bits per heavy atom. The van der Waals surface area contributed by atoms with E-state index in [0.717, 1.165) is 0 Å². The Kier molecular flexibility index (Phi) is 7.63. The lowest BCUT2D eigenvalue weighted by Gasteiger charge is -2.30. The second kappa shape index (κ2) is 10.4. The van der Waals surface area contributed by atoms with Gasteiger partial charge in [-0.3, -0.25) is 20.4 Å². The molecule has 2 aromatic carbocycles. The molecule has 1 aliphatic rings. The number of sulfonamides is 1. The first-order valence-corrected chi connectivity index (χ1v) is 11.7. The molecule has 0 radical (unpaired) electrons. The molecule has 11 heteroatoms. The number of nitrogens with zero attached hydrogens (tertiary/aromatic N) is 2. The fourth-order valence-corrected chi connectivity index (χ4v) is 4.99. The summed E-state index contributed by atoms with van der Waals surface area (Å²) < 4.78 is 45.4. The molecule has 1 fully saturated rings. The maximum atomic E-state index is 12.9. The molecule has 1 atom stereocenters. The van der Waals surface area contributed by atoms with Crippen molar-refractivity contribution in [3.8, 4) is 11.8 Å². The molecule has 3 rings (SSSR count). The lowest BCUT2D eigenvalue weighted by molar-refractivity contribution is -0.134. The Hall–Kier alpha value is -3.49.